The molecule has 0 amide bonds. The quantitative estimate of drug-likeness (QED) is 0.922. The lowest BCUT2D eigenvalue weighted by Gasteiger charge is -2.53. The number of hydrogen-bond donors (Lipinski definition) is 1. The summed E-state index contributed by atoms with van der Waals surface area (Å²) in [5, 5.41) is 3.93. The van der Waals surface area contributed by atoms with Crippen LogP contribution < -0.4 is 5.32 Å². The SMILES string of the molecule is CC1(C2CC2)CN(Cc2ccncc2)C(C)(C2CC2)CN1. The second-order valence-corrected chi connectivity index (χ2v) is 7.89. The van der Waals surface area contributed by atoms with E-state index in [0.29, 0.717) is 11.1 Å². The van der Waals surface area contributed by atoms with Gasteiger partial charge in [-0.3, -0.25) is 9.88 Å². The van der Waals surface area contributed by atoms with Crippen molar-refractivity contribution in [3.63, 3.8) is 0 Å². The van der Waals surface area contributed by atoms with Gasteiger partial charge in [0, 0.05) is 43.1 Å². The van der Waals surface area contributed by atoms with Crippen LogP contribution in [0.1, 0.15) is 45.1 Å². The number of hydrogen-bond acceptors (Lipinski definition) is 3. The molecule has 3 heteroatoms. The molecule has 2 unspecified atom stereocenters. The van der Waals surface area contributed by atoms with Gasteiger partial charge in [0.15, 0.2) is 0 Å². The van der Waals surface area contributed by atoms with Crippen LogP contribution >= 0.6 is 0 Å². The van der Waals surface area contributed by atoms with Gasteiger partial charge < -0.3 is 5.32 Å². The predicted molar refractivity (Wildman–Crippen MR) is 84.9 cm³/mol. The molecule has 1 aliphatic heterocycles. The molecule has 1 aromatic rings. The van der Waals surface area contributed by atoms with E-state index in [4.69, 9.17) is 0 Å². The summed E-state index contributed by atoms with van der Waals surface area (Å²) in [4.78, 5) is 6.93. The van der Waals surface area contributed by atoms with Gasteiger partial charge in [-0.25, -0.2) is 0 Å². The van der Waals surface area contributed by atoms with Crippen molar-refractivity contribution in [2.75, 3.05) is 13.1 Å². The zero-order valence-electron chi connectivity index (χ0n) is 13.3. The Morgan fingerprint density at radius 2 is 1.81 bits per heavy atom. The van der Waals surface area contributed by atoms with Crippen molar-refractivity contribution in [3.8, 4) is 0 Å². The maximum Gasteiger partial charge on any atom is 0.0338 e. The molecule has 4 rings (SSSR count). The highest BCUT2D eigenvalue weighted by Crippen LogP contribution is 2.48. The minimum atomic E-state index is 0.321. The zero-order valence-corrected chi connectivity index (χ0v) is 13.3. The smallest absolute Gasteiger partial charge is 0.0338 e. The topological polar surface area (TPSA) is 28.2 Å². The average molecular weight is 285 g/mol. The Bertz CT molecular complexity index is 508. The molecular weight excluding hydrogens is 258 g/mol. The third-order valence-corrected chi connectivity index (χ3v) is 6.15. The van der Waals surface area contributed by atoms with E-state index in [2.05, 4.69) is 41.2 Å². The molecule has 21 heavy (non-hydrogen) atoms. The fraction of sp³-hybridized carbons (Fsp3) is 0.722. The highest BCUT2D eigenvalue weighted by molar-refractivity contribution is 5.16. The van der Waals surface area contributed by atoms with Gasteiger partial charge in [0.25, 0.3) is 0 Å². The number of rotatable bonds is 4. The number of nitrogens with one attached hydrogen (secondary N) is 1. The maximum atomic E-state index is 4.16. The van der Waals surface area contributed by atoms with Crippen LogP contribution in [0.2, 0.25) is 0 Å². The summed E-state index contributed by atoms with van der Waals surface area (Å²) >= 11 is 0. The molecule has 3 fully saturated rings. The standard InChI is InChI=1S/C18H27N3/c1-17(15-3-4-15)13-21(11-14-7-9-19-10-8-14)18(2,12-20-17)16-5-6-16/h7-10,15-16,20H,3-6,11-13H2,1-2H3. The summed E-state index contributed by atoms with van der Waals surface area (Å²) in [6.07, 6.45) is 9.48. The van der Waals surface area contributed by atoms with Crippen LogP contribution in [0.4, 0.5) is 0 Å². The highest BCUT2D eigenvalue weighted by Gasteiger charge is 2.53. The molecule has 1 N–H and O–H groups in total. The summed E-state index contributed by atoms with van der Waals surface area (Å²) in [7, 11) is 0. The fourth-order valence-corrected chi connectivity index (χ4v) is 4.17. The van der Waals surface area contributed by atoms with Crippen molar-refractivity contribution in [2.45, 2.75) is 57.2 Å². The van der Waals surface area contributed by atoms with E-state index >= 15 is 0 Å². The molecule has 2 aliphatic carbocycles. The first-order valence-electron chi connectivity index (χ1n) is 8.49. The first-order valence-corrected chi connectivity index (χ1v) is 8.49. The van der Waals surface area contributed by atoms with Crippen molar-refractivity contribution in [1.29, 1.82) is 0 Å². The van der Waals surface area contributed by atoms with E-state index in [9.17, 15) is 0 Å². The molecule has 0 aromatic carbocycles. The van der Waals surface area contributed by atoms with Gasteiger partial charge in [-0.05, 0) is 69.1 Å². The summed E-state index contributed by atoms with van der Waals surface area (Å²) < 4.78 is 0. The van der Waals surface area contributed by atoms with Gasteiger partial charge in [-0.15, -0.1) is 0 Å². The minimum Gasteiger partial charge on any atom is -0.308 e. The third-order valence-electron chi connectivity index (χ3n) is 6.15. The fourth-order valence-electron chi connectivity index (χ4n) is 4.17. The molecule has 2 atom stereocenters. The van der Waals surface area contributed by atoms with Crippen molar-refractivity contribution in [2.24, 2.45) is 11.8 Å². The summed E-state index contributed by atoms with van der Waals surface area (Å²) in [6.45, 7) is 8.32. The second kappa shape index (κ2) is 4.79. The monoisotopic (exact) mass is 285 g/mol. The molecule has 3 nitrogen and oxygen atoms in total. The lowest BCUT2D eigenvalue weighted by atomic mass is 9.82. The zero-order chi connectivity index (χ0) is 14.5. The van der Waals surface area contributed by atoms with E-state index in [1.54, 1.807) is 0 Å². The number of piperazine rings is 1. The molecule has 0 spiro atoms. The molecule has 3 aliphatic rings. The van der Waals surface area contributed by atoms with E-state index in [1.807, 2.05) is 12.4 Å². The molecule has 1 saturated heterocycles. The minimum absolute atomic E-state index is 0.321. The van der Waals surface area contributed by atoms with Crippen molar-refractivity contribution < 1.29 is 0 Å². The Balaban J connectivity index is 1.58. The van der Waals surface area contributed by atoms with Gasteiger partial charge in [0.05, 0.1) is 0 Å². The van der Waals surface area contributed by atoms with Crippen LogP contribution in [0.5, 0.6) is 0 Å². The van der Waals surface area contributed by atoms with Crippen LogP contribution in [-0.2, 0) is 6.54 Å². The normalized spacial score (nSPS) is 37.6. The Kier molecular flexibility index (Phi) is 3.13. The highest BCUT2D eigenvalue weighted by atomic mass is 15.3. The van der Waals surface area contributed by atoms with Crippen molar-refractivity contribution in [1.82, 2.24) is 15.2 Å². The number of pyridine rings is 1. The van der Waals surface area contributed by atoms with Crippen LogP contribution in [0.25, 0.3) is 0 Å². The molecular formula is C18H27N3. The molecule has 1 aromatic heterocycles. The average Bonchev–Trinajstić information content (AvgIpc) is 3.35. The van der Waals surface area contributed by atoms with E-state index in [-0.39, 0.29) is 0 Å². The summed E-state index contributed by atoms with van der Waals surface area (Å²) in [5.41, 5.74) is 2.05. The molecule has 2 heterocycles. The van der Waals surface area contributed by atoms with E-state index in [0.717, 1.165) is 24.9 Å². The van der Waals surface area contributed by atoms with Gasteiger partial charge in [-0.1, -0.05) is 0 Å². The van der Waals surface area contributed by atoms with Crippen molar-refractivity contribution in [3.05, 3.63) is 30.1 Å². The van der Waals surface area contributed by atoms with Crippen LogP contribution in [-0.4, -0.2) is 34.1 Å². The van der Waals surface area contributed by atoms with Gasteiger partial charge in [0.1, 0.15) is 0 Å². The van der Waals surface area contributed by atoms with E-state index in [1.165, 1.54) is 37.8 Å². The van der Waals surface area contributed by atoms with Gasteiger partial charge in [-0.2, -0.15) is 0 Å². The van der Waals surface area contributed by atoms with Crippen LogP contribution in [0.15, 0.2) is 24.5 Å². The third kappa shape index (κ3) is 2.51. The summed E-state index contributed by atoms with van der Waals surface area (Å²) in [5.74, 6) is 1.77. The molecule has 0 bridgehead atoms. The van der Waals surface area contributed by atoms with E-state index < -0.39 is 0 Å². The Morgan fingerprint density at radius 3 is 2.43 bits per heavy atom. The Labute approximate surface area is 128 Å². The first-order chi connectivity index (χ1) is 10.1. The lowest BCUT2D eigenvalue weighted by Crippen LogP contribution is -2.69. The summed E-state index contributed by atoms with van der Waals surface area (Å²) in [6, 6.07) is 4.34. The largest absolute Gasteiger partial charge is 0.308 e. The molecule has 0 radical (unpaired) electrons. The van der Waals surface area contributed by atoms with Gasteiger partial charge in [0.2, 0.25) is 0 Å². The van der Waals surface area contributed by atoms with Gasteiger partial charge >= 0.3 is 0 Å². The van der Waals surface area contributed by atoms with Crippen LogP contribution in [0, 0.1) is 11.8 Å². The lowest BCUT2D eigenvalue weighted by molar-refractivity contribution is -0.00709. The Hall–Kier alpha value is -0.930. The molecule has 2 saturated carbocycles. The van der Waals surface area contributed by atoms with Crippen molar-refractivity contribution >= 4 is 0 Å². The maximum absolute atomic E-state index is 4.16. The number of aromatic nitrogens is 1. The predicted octanol–water partition coefficient (Wildman–Crippen LogP) is 2.82. The molecule has 114 valence electrons. The second-order valence-electron chi connectivity index (χ2n) is 7.89. The Morgan fingerprint density at radius 1 is 1.14 bits per heavy atom. The number of nitrogens with zero attached hydrogens (tertiary/aromatic N) is 2. The first kappa shape index (κ1) is 13.7. The van der Waals surface area contributed by atoms with Crippen LogP contribution in [0.3, 0.4) is 0 Å².